The molecular formula is C11H18ClN3. The number of hydrogen-bond acceptors (Lipinski definition) is 3. The van der Waals surface area contributed by atoms with Crippen molar-refractivity contribution in [2.45, 2.75) is 25.3 Å². The number of unbranched alkanes of at least 4 members (excludes halogenated alkanes) is 1. The predicted molar refractivity (Wildman–Crippen MR) is 65.7 cm³/mol. The number of nitrogen functional groups attached to an aromatic ring is 1. The fourth-order valence-electron chi connectivity index (χ4n) is 1.53. The Kier molecular flexibility index (Phi) is 4.88. The molecule has 0 unspecified atom stereocenters. The SMILES string of the molecule is NCCCC[C@H](N)c1cc(Cl)ccc1N. The molecule has 0 fully saturated rings. The molecule has 0 spiro atoms. The maximum absolute atomic E-state index is 6.03. The van der Waals surface area contributed by atoms with Crippen molar-refractivity contribution in [1.29, 1.82) is 0 Å². The molecule has 0 radical (unpaired) electrons. The predicted octanol–water partition coefficient (Wildman–Crippen LogP) is 2.05. The molecule has 1 atom stereocenters. The van der Waals surface area contributed by atoms with Gasteiger partial charge in [0.15, 0.2) is 0 Å². The van der Waals surface area contributed by atoms with Gasteiger partial charge in [0.05, 0.1) is 0 Å². The summed E-state index contributed by atoms with van der Waals surface area (Å²) in [6.45, 7) is 0.706. The second kappa shape index (κ2) is 5.95. The van der Waals surface area contributed by atoms with Gasteiger partial charge in [-0.1, -0.05) is 18.0 Å². The Balaban J connectivity index is 2.64. The lowest BCUT2D eigenvalue weighted by Gasteiger charge is -2.14. The Labute approximate surface area is 95.6 Å². The summed E-state index contributed by atoms with van der Waals surface area (Å²) in [5.41, 5.74) is 18.9. The Morgan fingerprint density at radius 3 is 2.67 bits per heavy atom. The first-order valence-electron chi connectivity index (χ1n) is 5.15. The number of anilines is 1. The number of benzene rings is 1. The molecule has 0 aliphatic carbocycles. The van der Waals surface area contributed by atoms with Crippen LogP contribution in [0, 0.1) is 0 Å². The highest BCUT2D eigenvalue weighted by molar-refractivity contribution is 6.30. The lowest BCUT2D eigenvalue weighted by atomic mass is 10.0. The van der Waals surface area contributed by atoms with Gasteiger partial charge in [-0.15, -0.1) is 0 Å². The normalized spacial score (nSPS) is 12.7. The van der Waals surface area contributed by atoms with Gasteiger partial charge in [-0.25, -0.2) is 0 Å². The van der Waals surface area contributed by atoms with Crippen LogP contribution in [0.5, 0.6) is 0 Å². The fourth-order valence-corrected chi connectivity index (χ4v) is 1.71. The van der Waals surface area contributed by atoms with Crippen LogP contribution in [0.15, 0.2) is 18.2 Å². The van der Waals surface area contributed by atoms with Crippen molar-refractivity contribution < 1.29 is 0 Å². The van der Waals surface area contributed by atoms with E-state index in [0.717, 1.165) is 24.8 Å². The van der Waals surface area contributed by atoms with E-state index in [9.17, 15) is 0 Å². The highest BCUT2D eigenvalue weighted by Crippen LogP contribution is 2.25. The highest BCUT2D eigenvalue weighted by atomic mass is 35.5. The minimum atomic E-state index is -0.0461. The van der Waals surface area contributed by atoms with Gasteiger partial charge in [0.25, 0.3) is 0 Å². The van der Waals surface area contributed by atoms with E-state index in [2.05, 4.69) is 0 Å². The largest absolute Gasteiger partial charge is 0.398 e. The molecule has 15 heavy (non-hydrogen) atoms. The van der Waals surface area contributed by atoms with E-state index < -0.39 is 0 Å². The third-order valence-corrected chi connectivity index (χ3v) is 2.65. The van der Waals surface area contributed by atoms with Crippen LogP contribution in [0.25, 0.3) is 0 Å². The number of hydrogen-bond donors (Lipinski definition) is 3. The van der Waals surface area contributed by atoms with Gasteiger partial charge in [0.2, 0.25) is 0 Å². The van der Waals surface area contributed by atoms with Crippen LogP contribution in [0.3, 0.4) is 0 Å². The van der Waals surface area contributed by atoms with E-state index in [1.165, 1.54) is 0 Å². The van der Waals surface area contributed by atoms with Crippen LogP contribution in [0.1, 0.15) is 30.9 Å². The minimum absolute atomic E-state index is 0.0461. The summed E-state index contributed by atoms with van der Waals surface area (Å²) in [7, 11) is 0. The number of nitrogens with two attached hydrogens (primary N) is 3. The topological polar surface area (TPSA) is 78.1 Å². The highest BCUT2D eigenvalue weighted by Gasteiger charge is 2.09. The summed E-state index contributed by atoms with van der Waals surface area (Å²) >= 11 is 5.89. The summed E-state index contributed by atoms with van der Waals surface area (Å²) in [5.74, 6) is 0. The molecule has 0 bridgehead atoms. The molecule has 1 aromatic rings. The maximum atomic E-state index is 6.03. The zero-order valence-corrected chi connectivity index (χ0v) is 9.50. The second-order valence-corrected chi connectivity index (χ2v) is 4.10. The van der Waals surface area contributed by atoms with Crippen LogP contribution < -0.4 is 17.2 Å². The van der Waals surface area contributed by atoms with Gasteiger partial charge in [-0.3, -0.25) is 0 Å². The smallest absolute Gasteiger partial charge is 0.0410 e. The van der Waals surface area contributed by atoms with Gasteiger partial charge in [-0.05, 0) is 43.1 Å². The van der Waals surface area contributed by atoms with Crippen molar-refractivity contribution in [3.05, 3.63) is 28.8 Å². The van der Waals surface area contributed by atoms with Crippen LogP contribution in [-0.4, -0.2) is 6.54 Å². The van der Waals surface area contributed by atoms with E-state index in [0.29, 0.717) is 17.3 Å². The zero-order valence-electron chi connectivity index (χ0n) is 8.75. The average Bonchev–Trinajstić information content (AvgIpc) is 2.22. The first kappa shape index (κ1) is 12.3. The van der Waals surface area contributed by atoms with E-state index in [4.69, 9.17) is 28.8 Å². The Bertz CT molecular complexity index is 315. The van der Waals surface area contributed by atoms with Gasteiger partial charge >= 0.3 is 0 Å². The first-order chi connectivity index (χ1) is 7.15. The molecule has 0 saturated carbocycles. The fraction of sp³-hybridized carbons (Fsp3) is 0.455. The van der Waals surface area contributed by atoms with Gasteiger partial charge in [0, 0.05) is 16.8 Å². The van der Waals surface area contributed by atoms with Crippen molar-refractivity contribution >= 4 is 17.3 Å². The summed E-state index contributed by atoms with van der Waals surface area (Å²) in [6, 6.07) is 5.35. The summed E-state index contributed by atoms with van der Waals surface area (Å²) in [4.78, 5) is 0. The molecule has 0 aliphatic heterocycles. The summed E-state index contributed by atoms with van der Waals surface area (Å²) in [6.07, 6.45) is 2.90. The van der Waals surface area contributed by atoms with Crippen LogP contribution >= 0.6 is 11.6 Å². The van der Waals surface area contributed by atoms with Crippen molar-refractivity contribution in [3.63, 3.8) is 0 Å². The van der Waals surface area contributed by atoms with E-state index >= 15 is 0 Å². The summed E-state index contributed by atoms with van der Waals surface area (Å²) in [5, 5.41) is 0.675. The van der Waals surface area contributed by atoms with Crippen molar-refractivity contribution in [1.82, 2.24) is 0 Å². The van der Waals surface area contributed by atoms with Crippen LogP contribution in [0.4, 0.5) is 5.69 Å². The Morgan fingerprint density at radius 1 is 1.27 bits per heavy atom. The van der Waals surface area contributed by atoms with Crippen molar-refractivity contribution in [2.24, 2.45) is 11.5 Å². The summed E-state index contributed by atoms with van der Waals surface area (Å²) < 4.78 is 0. The molecule has 3 nitrogen and oxygen atoms in total. The zero-order chi connectivity index (χ0) is 11.3. The van der Waals surface area contributed by atoms with Gasteiger partial charge < -0.3 is 17.2 Å². The molecule has 84 valence electrons. The maximum Gasteiger partial charge on any atom is 0.0410 e. The number of rotatable bonds is 5. The molecule has 1 aromatic carbocycles. The third-order valence-electron chi connectivity index (χ3n) is 2.42. The van der Waals surface area contributed by atoms with E-state index in [1.807, 2.05) is 6.07 Å². The molecular weight excluding hydrogens is 210 g/mol. The Hall–Kier alpha value is -0.770. The quantitative estimate of drug-likeness (QED) is 0.532. The molecule has 0 aromatic heterocycles. The lowest BCUT2D eigenvalue weighted by molar-refractivity contribution is 0.592. The molecule has 6 N–H and O–H groups in total. The monoisotopic (exact) mass is 227 g/mol. The van der Waals surface area contributed by atoms with Gasteiger partial charge in [-0.2, -0.15) is 0 Å². The van der Waals surface area contributed by atoms with Crippen LogP contribution in [0.2, 0.25) is 5.02 Å². The minimum Gasteiger partial charge on any atom is -0.398 e. The van der Waals surface area contributed by atoms with Crippen molar-refractivity contribution in [3.8, 4) is 0 Å². The standard InChI is InChI=1S/C11H18ClN3/c12-8-4-5-11(15)9(7-8)10(14)3-1-2-6-13/h4-5,7,10H,1-3,6,13-15H2/t10-/m0/s1. The third kappa shape index (κ3) is 3.70. The van der Waals surface area contributed by atoms with E-state index in [1.54, 1.807) is 12.1 Å². The molecule has 0 saturated heterocycles. The van der Waals surface area contributed by atoms with Gasteiger partial charge in [0.1, 0.15) is 0 Å². The average molecular weight is 228 g/mol. The lowest BCUT2D eigenvalue weighted by Crippen LogP contribution is -2.13. The molecule has 0 heterocycles. The second-order valence-electron chi connectivity index (χ2n) is 3.66. The van der Waals surface area contributed by atoms with E-state index in [-0.39, 0.29) is 6.04 Å². The number of halogens is 1. The molecule has 0 aliphatic rings. The van der Waals surface area contributed by atoms with Crippen LogP contribution in [-0.2, 0) is 0 Å². The first-order valence-corrected chi connectivity index (χ1v) is 5.53. The molecule has 0 amide bonds. The van der Waals surface area contributed by atoms with Crippen molar-refractivity contribution in [2.75, 3.05) is 12.3 Å². The Morgan fingerprint density at radius 2 is 2.00 bits per heavy atom. The molecule has 1 rings (SSSR count). The molecule has 4 heteroatoms.